The highest BCUT2D eigenvalue weighted by molar-refractivity contribution is 6.31. The van der Waals surface area contributed by atoms with Gasteiger partial charge in [0.2, 0.25) is 5.88 Å². The standard InChI is InChI=1S/C12H9ClN2O2/c1-17-12-11(14-4-5-15-12)10-6-9(13)3-2-8(10)7-16/h2-7H,1H3. The summed E-state index contributed by atoms with van der Waals surface area (Å²) in [6, 6.07) is 4.95. The van der Waals surface area contributed by atoms with Gasteiger partial charge in [-0.3, -0.25) is 4.79 Å². The van der Waals surface area contributed by atoms with Gasteiger partial charge in [0.25, 0.3) is 0 Å². The Morgan fingerprint density at radius 1 is 1.29 bits per heavy atom. The summed E-state index contributed by atoms with van der Waals surface area (Å²) in [5.74, 6) is 0.359. The van der Waals surface area contributed by atoms with E-state index in [4.69, 9.17) is 16.3 Å². The van der Waals surface area contributed by atoms with Crippen LogP contribution in [0.2, 0.25) is 5.02 Å². The Bertz CT molecular complexity index is 558. The lowest BCUT2D eigenvalue weighted by Gasteiger charge is -2.08. The van der Waals surface area contributed by atoms with Crippen LogP contribution in [0, 0.1) is 0 Å². The molecule has 0 amide bonds. The molecule has 1 aromatic carbocycles. The second-order valence-corrected chi connectivity index (χ2v) is 3.70. The van der Waals surface area contributed by atoms with E-state index >= 15 is 0 Å². The Kier molecular flexibility index (Phi) is 3.35. The normalized spacial score (nSPS) is 10.0. The second kappa shape index (κ2) is 4.93. The van der Waals surface area contributed by atoms with Crippen LogP contribution in [0.25, 0.3) is 11.3 Å². The second-order valence-electron chi connectivity index (χ2n) is 3.26. The van der Waals surface area contributed by atoms with Crippen LogP contribution in [0.3, 0.4) is 0 Å². The van der Waals surface area contributed by atoms with Gasteiger partial charge < -0.3 is 4.74 Å². The molecule has 2 aromatic rings. The van der Waals surface area contributed by atoms with Crippen LogP contribution in [-0.4, -0.2) is 23.4 Å². The maximum Gasteiger partial charge on any atom is 0.240 e. The summed E-state index contributed by atoms with van der Waals surface area (Å²) < 4.78 is 5.11. The minimum Gasteiger partial charge on any atom is -0.479 e. The molecule has 0 atom stereocenters. The molecule has 17 heavy (non-hydrogen) atoms. The Balaban J connectivity index is 2.66. The molecule has 4 nitrogen and oxygen atoms in total. The minimum absolute atomic E-state index is 0.359. The van der Waals surface area contributed by atoms with Crippen LogP contribution in [0.15, 0.2) is 30.6 Å². The number of carbonyl (C=O) groups is 1. The number of nitrogens with zero attached hydrogens (tertiary/aromatic N) is 2. The number of methoxy groups -OCH3 is 1. The van der Waals surface area contributed by atoms with Crippen molar-refractivity contribution in [3.05, 3.63) is 41.2 Å². The zero-order chi connectivity index (χ0) is 12.3. The summed E-state index contributed by atoms with van der Waals surface area (Å²) in [5.41, 5.74) is 1.60. The lowest BCUT2D eigenvalue weighted by molar-refractivity contribution is 0.112. The van der Waals surface area contributed by atoms with Crippen LogP contribution < -0.4 is 4.74 Å². The zero-order valence-electron chi connectivity index (χ0n) is 9.05. The van der Waals surface area contributed by atoms with Crippen molar-refractivity contribution in [2.75, 3.05) is 7.11 Å². The fraction of sp³-hybridized carbons (Fsp3) is 0.0833. The summed E-state index contributed by atoms with van der Waals surface area (Å²) in [4.78, 5) is 19.2. The summed E-state index contributed by atoms with van der Waals surface area (Å²) in [5, 5.41) is 0.526. The van der Waals surface area contributed by atoms with E-state index in [9.17, 15) is 4.79 Å². The summed E-state index contributed by atoms with van der Waals surface area (Å²) in [6.45, 7) is 0. The maximum atomic E-state index is 11.0. The third-order valence-electron chi connectivity index (χ3n) is 2.26. The van der Waals surface area contributed by atoms with Crippen molar-refractivity contribution >= 4 is 17.9 Å². The molecular weight excluding hydrogens is 240 g/mol. The van der Waals surface area contributed by atoms with E-state index in [2.05, 4.69) is 9.97 Å². The molecule has 0 aliphatic rings. The molecule has 0 bridgehead atoms. The van der Waals surface area contributed by atoms with E-state index in [0.717, 1.165) is 6.29 Å². The van der Waals surface area contributed by atoms with Crippen molar-refractivity contribution < 1.29 is 9.53 Å². The van der Waals surface area contributed by atoms with Gasteiger partial charge in [0.1, 0.15) is 5.69 Å². The van der Waals surface area contributed by atoms with Crippen LogP contribution in [0.4, 0.5) is 0 Å². The number of rotatable bonds is 3. The van der Waals surface area contributed by atoms with Crippen LogP contribution in [-0.2, 0) is 0 Å². The van der Waals surface area contributed by atoms with E-state index < -0.39 is 0 Å². The molecule has 1 aromatic heterocycles. The first kappa shape index (κ1) is 11.5. The Hall–Kier alpha value is -1.94. The lowest BCUT2D eigenvalue weighted by Crippen LogP contribution is -1.96. The number of halogens is 1. The van der Waals surface area contributed by atoms with Gasteiger partial charge in [-0.2, -0.15) is 0 Å². The highest BCUT2D eigenvalue weighted by atomic mass is 35.5. The largest absolute Gasteiger partial charge is 0.479 e. The summed E-state index contributed by atoms with van der Waals surface area (Å²) >= 11 is 5.91. The Morgan fingerprint density at radius 3 is 2.76 bits per heavy atom. The van der Waals surface area contributed by atoms with Gasteiger partial charge in [-0.05, 0) is 18.2 Å². The van der Waals surface area contributed by atoms with Gasteiger partial charge in [0.05, 0.1) is 7.11 Å². The molecule has 0 unspecified atom stereocenters. The molecule has 0 spiro atoms. The number of ether oxygens (including phenoxy) is 1. The molecule has 0 aliphatic carbocycles. The molecule has 0 saturated heterocycles. The zero-order valence-corrected chi connectivity index (χ0v) is 9.81. The maximum absolute atomic E-state index is 11.0. The number of aromatic nitrogens is 2. The molecule has 1 heterocycles. The van der Waals surface area contributed by atoms with Gasteiger partial charge in [-0.25, -0.2) is 9.97 Å². The van der Waals surface area contributed by atoms with E-state index in [1.165, 1.54) is 19.5 Å². The molecule has 0 aliphatic heterocycles. The summed E-state index contributed by atoms with van der Waals surface area (Å²) in [7, 11) is 1.50. The summed E-state index contributed by atoms with van der Waals surface area (Å²) in [6.07, 6.45) is 3.81. The number of hydrogen-bond acceptors (Lipinski definition) is 4. The Labute approximate surface area is 103 Å². The Morgan fingerprint density at radius 2 is 2.06 bits per heavy atom. The van der Waals surface area contributed by atoms with Crippen LogP contribution in [0.5, 0.6) is 5.88 Å². The molecule has 2 rings (SSSR count). The first-order valence-electron chi connectivity index (χ1n) is 4.86. The number of carbonyl (C=O) groups excluding carboxylic acids is 1. The fourth-order valence-corrected chi connectivity index (χ4v) is 1.67. The first-order valence-corrected chi connectivity index (χ1v) is 5.24. The van der Waals surface area contributed by atoms with Gasteiger partial charge in [0, 0.05) is 28.5 Å². The average Bonchev–Trinajstić information content (AvgIpc) is 2.38. The number of aldehydes is 1. The highest BCUT2D eigenvalue weighted by Crippen LogP contribution is 2.29. The van der Waals surface area contributed by atoms with Gasteiger partial charge in [-0.1, -0.05) is 11.6 Å². The van der Waals surface area contributed by atoms with E-state index in [1.807, 2.05) is 0 Å². The molecule has 0 saturated carbocycles. The van der Waals surface area contributed by atoms with Gasteiger partial charge >= 0.3 is 0 Å². The average molecular weight is 249 g/mol. The molecular formula is C12H9ClN2O2. The van der Waals surface area contributed by atoms with Crippen molar-refractivity contribution in [3.8, 4) is 17.1 Å². The SMILES string of the molecule is COc1nccnc1-c1cc(Cl)ccc1C=O. The van der Waals surface area contributed by atoms with Gasteiger partial charge in [-0.15, -0.1) is 0 Å². The quantitative estimate of drug-likeness (QED) is 0.784. The molecule has 86 valence electrons. The molecule has 0 fully saturated rings. The first-order chi connectivity index (χ1) is 8.26. The van der Waals surface area contributed by atoms with Crippen molar-refractivity contribution in [2.24, 2.45) is 0 Å². The monoisotopic (exact) mass is 248 g/mol. The fourth-order valence-electron chi connectivity index (χ4n) is 1.50. The predicted molar refractivity (Wildman–Crippen MR) is 64.4 cm³/mol. The van der Waals surface area contributed by atoms with E-state index in [1.54, 1.807) is 18.2 Å². The predicted octanol–water partition coefficient (Wildman–Crippen LogP) is 2.62. The van der Waals surface area contributed by atoms with Gasteiger partial charge in [0.15, 0.2) is 6.29 Å². The molecule has 0 N–H and O–H groups in total. The number of benzene rings is 1. The van der Waals surface area contributed by atoms with Crippen molar-refractivity contribution in [1.29, 1.82) is 0 Å². The topological polar surface area (TPSA) is 52.1 Å². The van der Waals surface area contributed by atoms with Crippen LogP contribution >= 0.6 is 11.6 Å². The third kappa shape index (κ3) is 2.26. The lowest BCUT2D eigenvalue weighted by atomic mass is 10.1. The van der Waals surface area contributed by atoms with Crippen molar-refractivity contribution in [3.63, 3.8) is 0 Å². The molecule has 5 heteroatoms. The minimum atomic E-state index is 0.359. The smallest absolute Gasteiger partial charge is 0.240 e. The van der Waals surface area contributed by atoms with Crippen molar-refractivity contribution in [2.45, 2.75) is 0 Å². The van der Waals surface area contributed by atoms with E-state index in [-0.39, 0.29) is 0 Å². The molecule has 0 radical (unpaired) electrons. The van der Waals surface area contributed by atoms with Crippen molar-refractivity contribution in [1.82, 2.24) is 9.97 Å². The van der Waals surface area contributed by atoms with Crippen LogP contribution in [0.1, 0.15) is 10.4 Å². The highest BCUT2D eigenvalue weighted by Gasteiger charge is 2.12. The number of hydrogen-bond donors (Lipinski definition) is 0. The van der Waals surface area contributed by atoms with E-state index in [0.29, 0.717) is 27.7 Å². The third-order valence-corrected chi connectivity index (χ3v) is 2.49.